The molecule has 3 aromatic rings. The molecule has 1 heterocycles. The zero-order chi connectivity index (χ0) is 25.5. The molecule has 1 aliphatic carbocycles. The molecule has 0 radical (unpaired) electrons. The second-order valence-corrected chi connectivity index (χ2v) is 8.41. The minimum atomic E-state index is -4.99. The fourth-order valence-corrected chi connectivity index (χ4v) is 4.39. The van der Waals surface area contributed by atoms with Crippen LogP contribution in [0.15, 0.2) is 60.8 Å². The van der Waals surface area contributed by atoms with Crippen molar-refractivity contribution in [1.82, 2.24) is 4.98 Å². The molecule has 10 heteroatoms. The molecule has 0 saturated carbocycles. The first-order valence-corrected chi connectivity index (χ1v) is 10.7. The van der Waals surface area contributed by atoms with Crippen molar-refractivity contribution in [3.63, 3.8) is 0 Å². The van der Waals surface area contributed by atoms with Gasteiger partial charge in [-0.2, -0.15) is 26.3 Å². The summed E-state index contributed by atoms with van der Waals surface area (Å²) in [6.45, 7) is 1.35. The Kier molecular flexibility index (Phi) is 6.63. The van der Waals surface area contributed by atoms with Crippen molar-refractivity contribution in [2.24, 2.45) is 0 Å². The summed E-state index contributed by atoms with van der Waals surface area (Å²) in [6.07, 6.45) is -11.6. The highest BCUT2D eigenvalue weighted by molar-refractivity contribution is 5.40. The lowest BCUT2D eigenvalue weighted by atomic mass is 9.77. The van der Waals surface area contributed by atoms with Gasteiger partial charge in [0, 0.05) is 18.5 Å². The molecule has 0 aliphatic heterocycles. The second kappa shape index (κ2) is 9.23. The van der Waals surface area contributed by atoms with Gasteiger partial charge in [-0.15, -0.1) is 0 Å². The molecule has 35 heavy (non-hydrogen) atoms. The first kappa shape index (κ1) is 25.1. The van der Waals surface area contributed by atoms with E-state index >= 15 is 0 Å². The molecule has 0 fully saturated rings. The van der Waals surface area contributed by atoms with Crippen LogP contribution in [0, 0.1) is 5.82 Å². The summed E-state index contributed by atoms with van der Waals surface area (Å²) in [5.41, 5.74) is -1.62. The van der Waals surface area contributed by atoms with Crippen LogP contribution in [-0.2, 0) is 17.1 Å². The molecule has 2 aromatic carbocycles. The highest BCUT2D eigenvalue weighted by atomic mass is 19.4. The number of benzene rings is 2. The van der Waals surface area contributed by atoms with E-state index in [-0.39, 0.29) is 18.1 Å². The molecule has 0 saturated heterocycles. The third kappa shape index (κ3) is 5.33. The fourth-order valence-electron chi connectivity index (χ4n) is 4.39. The summed E-state index contributed by atoms with van der Waals surface area (Å²) >= 11 is 0. The van der Waals surface area contributed by atoms with Gasteiger partial charge in [-0.3, -0.25) is 4.98 Å². The summed E-state index contributed by atoms with van der Waals surface area (Å²) in [4.78, 5) is 4.21. The molecule has 186 valence electrons. The minimum absolute atomic E-state index is 0.0124. The molecule has 0 amide bonds. The van der Waals surface area contributed by atoms with Crippen LogP contribution in [0.3, 0.4) is 0 Å². The SMILES string of the molecule is C[C@@H](O[C@H]1C[C@H](O)c2ncccc2[C@@H]1c1ccc(F)cc1)c1cc(C(F)(F)F)cc(C(F)(F)F)c1. The first-order valence-electron chi connectivity index (χ1n) is 10.7. The van der Waals surface area contributed by atoms with E-state index in [0.717, 1.165) is 0 Å². The Hall–Kier alpha value is -2.98. The van der Waals surface area contributed by atoms with Gasteiger partial charge < -0.3 is 9.84 Å². The topological polar surface area (TPSA) is 42.4 Å². The monoisotopic (exact) mass is 499 g/mol. The van der Waals surface area contributed by atoms with Gasteiger partial charge >= 0.3 is 12.4 Å². The Morgan fingerprint density at radius 1 is 0.943 bits per heavy atom. The van der Waals surface area contributed by atoms with Crippen molar-refractivity contribution in [2.75, 3.05) is 0 Å². The number of rotatable bonds is 4. The van der Waals surface area contributed by atoms with Crippen molar-refractivity contribution in [3.05, 3.63) is 100 Å². The Morgan fingerprint density at radius 3 is 2.11 bits per heavy atom. The number of alkyl halides is 6. The summed E-state index contributed by atoms with van der Waals surface area (Å²) in [7, 11) is 0. The van der Waals surface area contributed by atoms with E-state index in [9.17, 15) is 35.8 Å². The molecular weight excluding hydrogens is 479 g/mol. The number of aliphatic hydroxyl groups is 1. The molecule has 0 bridgehead atoms. The van der Waals surface area contributed by atoms with Crippen molar-refractivity contribution >= 4 is 0 Å². The van der Waals surface area contributed by atoms with Crippen LogP contribution in [0.25, 0.3) is 0 Å². The zero-order valence-electron chi connectivity index (χ0n) is 18.2. The van der Waals surface area contributed by atoms with Crippen molar-refractivity contribution in [1.29, 1.82) is 0 Å². The Labute approximate surface area is 196 Å². The number of pyridine rings is 1. The van der Waals surface area contributed by atoms with Gasteiger partial charge in [0.2, 0.25) is 0 Å². The molecule has 4 rings (SSSR count). The summed E-state index contributed by atoms with van der Waals surface area (Å²) in [6, 6.07) is 10.1. The quantitative estimate of drug-likeness (QED) is 0.394. The van der Waals surface area contributed by atoms with E-state index in [2.05, 4.69) is 4.98 Å². The maximum absolute atomic E-state index is 13.5. The van der Waals surface area contributed by atoms with Crippen LogP contribution >= 0.6 is 0 Å². The van der Waals surface area contributed by atoms with Gasteiger partial charge in [-0.05, 0) is 60.0 Å². The number of nitrogens with zero attached hydrogens (tertiary/aromatic N) is 1. The van der Waals surface area contributed by atoms with E-state index in [1.54, 1.807) is 12.1 Å². The van der Waals surface area contributed by atoms with E-state index < -0.39 is 53.5 Å². The molecule has 4 atom stereocenters. The van der Waals surface area contributed by atoms with E-state index in [0.29, 0.717) is 29.0 Å². The average molecular weight is 499 g/mol. The number of aliphatic hydroxyl groups excluding tert-OH is 1. The van der Waals surface area contributed by atoms with Gasteiger partial charge in [0.25, 0.3) is 0 Å². The van der Waals surface area contributed by atoms with Crippen LogP contribution in [0.2, 0.25) is 0 Å². The number of aromatic nitrogens is 1. The average Bonchev–Trinajstić information content (AvgIpc) is 2.79. The van der Waals surface area contributed by atoms with Crippen LogP contribution in [-0.4, -0.2) is 16.2 Å². The van der Waals surface area contributed by atoms with E-state index in [1.807, 2.05) is 0 Å². The Morgan fingerprint density at radius 2 is 1.54 bits per heavy atom. The normalized spacial score (nSPS) is 21.5. The summed E-state index contributed by atoms with van der Waals surface area (Å²) < 4.78 is 99.4. The number of halogens is 7. The molecule has 0 spiro atoms. The lowest BCUT2D eigenvalue weighted by Gasteiger charge is -2.37. The van der Waals surface area contributed by atoms with Crippen molar-refractivity contribution in [2.45, 2.75) is 49.9 Å². The summed E-state index contributed by atoms with van der Waals surface area (Å²) in [5.74, 6) is -1.07. The maximum Gasteiger partial charge on any atom is 0.416 e. The van der Waals surface area contributed by atoms with Gasteiger partial charge in [0.1, 0.15) is 5.82 Å². The van der Waals surface area contributed by atoms with Crippen LogP contribution in [0.5, 0.6) is 0 Å². The molecule has 1 aromatic heterocycles. The van der Waals surface area contributed by atoms with Gasteiger partial charge in [0.05, 0.1) is 35.1 Å². The third-order valence-electron chi connectivity index (χ3n) is 6.04. The van der Waals surface area contributed by atoms with Gasteiger partial charge in [0.15, 0.2) is 0 Å². The standard InChI is InChI=1S/C25H20F7NO2/c1-13(15-9-16(24(27,28)29)11-17(10-15)25(30,31)32)35-21-12-20(34)23-19(3-2-8-33-23)22(21)14-4-6-18(26)7-5-14/h2-11,13,20-22,34H,12H2,1H3/t13-,20+,21+,22+/m1/s1. The zero-order valence-corrected chi connectivity index (χ0v) is 18.2. The van der Waals surface area contributed by atoms with Crippen LogP contribution in [0.4, 0.5) is 30.7 Å². The number of hydrogen-bond donors (Lipinski definition) is 1. The van der Waals surface area contributed by atoms with Crippen molar-refractivity contribution in [3.8, 4) is 0 Å². The molecule has 1 N–H and O–H groups in total. The largest absolute Gasteiger partial charge is 0.416 e. The lowest BCUT2D eigenvalue weighted by Crippen LogP contribution is -2.33. The van der Waals surface area contributed by atoms with E-state index in [1.165, 1.54) is 37.4 Å². The number of ether oxygens (including phenoxy) is 1. The molecule has 1 aliphatic rings. The highest BCUT2D eigenvalue weighted by Crippen LogP contribution is 2.44. The van der Waals surface area contributed by atoms with Crippen molar-refractivity contribution < 1.29 is 40.6 Å². The molecular formula is C25H20F7NO2. The maximum atomic E-state index is 13.5. The predicted octanol–water partition coefficient (Wildman–Crippen LogP) is 6.97. The second-order valence-electron chi connectivity index (χ2n) is 8.41. The van der Waals surface area contributed by atoms with Gasteiger partial charge in [-0.25, -0.2) is 4.39 Å². The van der Waals surface area contributed by atoms with E-state index in [4.69, 9.17) is 4.74 Å². The Balaban J connectivity index is 1.73. The summed E-state index contributed by atoms with van der Waals surface area (Å²) in [5, 5.41) is 10.6. The smallest absolute Gasteiger partial charge is 0.387 e. The molecule has 3 nitrogen and oxygen atoms in total. The highest BCUT2D eigenvalue weighted by Gasteiger charge is 2.40. The van der Waals surface area contributed by atoms with Crippen LogP contribution < -0.4 is 0 Å². The minimum Gasteiger partial charge on any atom is -0.387 e. The van der Waals surface area contributed by atoms with Crippen LogP contribution in [0.1, 0.15) is 65.0 Å². The first-order chi connectivity index (χ1) is 16.3. The molecule has 0 unspecified atom stereocenters. The number of hydrogen-bond acceptors (Lipinski definition) is 3. The predicted molar refractivity (Wildman–Crippen MR) is 112 cm³/mol. The number of fused-ring (bicyclic) bond motifs is 1. The fraction of sp³-hybridized carbons (Fsp3) is 0.320. The lowest BCUT2D eigenvalue weighted by molar-refractivity contribution is -0.143. The third-order valence-corrected chi connectivity index (χ3v) is 6.04. The van der Waals surface area contributed by atoms with Gasteiger partial charge in [-0.1, -0.05) is 18.2 Å². The Bertz CT molecular complexity index is 1160.